The molecule has 3 heterocycles. The Morgan fingerprint density at radius 3 is 2.70 bits per heavy atom. The molecule has 0 atom stereocenters. The lowest BCUT2D eigenvalue weighted by Crippen LogP contribution is -2.16. The molecule has 33 heavy (non-hydrogen) atoms. The molecule has 0 saturated carbocycles. The summed E-state index contributed by atoms with van der Waals surface area (Å²) < 4.78 is 9.89. The van der Waals surface area contributed by atoms with Crippen molar-refractivity contribution in [1.82, 2.24) is 24.5 Å². The number of nitrogens with one attached hydrogen (secondary N) is 1. The number of rotatable bonds is 7. The van der Waals surface area contributed by atoms with Crippen molar-refractivity contribution in [2.45, 2.75) is 20.5 Å². The maximum atomic E-state index is 12.7. The number of amides is 1. The Balaban J connectivity index is 1.52. The Morgan fingerprint density at radius 1 is 1.21 bits per heavy atom. The second-order valence-electron chi connectivity index (χ2n) is 7.08. The van der Waals surface area contributed by atoms with Gasteiger partial charge in [0.15, 0.2) is 5.69 Å². The zero-order valence-electron chi connectivity index (χ0n) is 17.6. The first kappa shape index (κ1) is 22.1. The van der Waals surface area contributed by atoms with E-state index in [0.29, 0.717) is 12.4 Å². The number of carbonyl (C=O) groups excluding carboxylic acids is 1. The number of nitro benzene ring substituents is 1. The smallest absolute Gasteiger partial charge is 0.276 e. The van der Waals surface area contributed by atoms with E-state index in [2.05, 4.69) is 36.4 Å². The second-order valence-corrected chi connectivity index (χ2v) is 7.88. The Bertz CT molecular complexity index is 1330. The summed E-state index contributed by atoms with van der Waals surface area (Å²) in [6.45, 7) is 4.14. The summed E-state index contributed by atoms with van der Waals surface area (Å²) in [5.41, 5.74) is 1.91. The summed E-state index contributed by atoms with van der Waals surface area (Å²) in [7, 11) is 0. The number of non-ortho nitro benzene ring substituents is 1. The highest BCUT2D eigenvalue weighted by atomic mass is 79.9. The predicted molar refractivity (Wildman–Crippen MR) is 122 cm³/mol. The minimum Gasteiger partial charge on any atom is -0.455 e. The first-order chi connectivity index (χ1) is 15.8. The van der Waals surface area contributed by atoms with Crippen LogP contribution in [0.4, 0.5) is 11.4 Å². The number of aryl methyl sites for hydroxylation is 1. The fraction of sp³-hybridized carbons (Fsp3) is 0.143. The molecule has 0 fully saturated rings. The number of halogens is 1. The van der Waals surface area contributed by atoms with Gasteiger partial charge in [-0.15, -0.1) is 0 Å². The molecule has 0 aliphatic rings. The molecule has 1 amide bonds. The minimum atomic E-state index is -0.562. The summed E-state index contributed by atoms with van der Waals surface area (Å²) in [6.07, 6.45) is 4.72. The van der Waals surface area contributed by atoms with Crippen LogP contribution in [0.1, 0.15) is 21.9 Å². The van der Waals surface area contributed by atoms with Gasteiger partial charge in [0, 0.05) is 24.5 Å². The van der Waals surface area contributed by atoms with E-state index in [0.717, 1.165) is 15.9 Å². The van der Waals surface area contributed by atoms with E-state index in [9.17, 15) is 14.9 Å². The lowest BCUT2D eigenvalue weighted by atomic mass is 10.2. The molecule has 1 N–H and O–H groups in total. The third-order valence-corrected chi connectivity index (χ3v) is 5.82. The largest absolute Gasteiger partial charge is 0.455 e. The van der Waals surface area contributed by atoms with Crippen LogP contribution in [-0.4, -0.2) is 35.4 Å². The number of nitrogens with zero attached hydrogens (tertiary/aromatic N) is 6. The SMILES string of the molecule is Cc1nn(Cn2ccc(C(=O)Nc3cc(Oc4cccnc4)cc([N+](=O)[O-])c3)n2)c(C)c1Br. The number of carbonyl (C=O) groups is 1. The molecular weight excluding hydrogens is 494 g/mol. The number of nitro groups is 1. The lowest BCUT2D eigenvalue weighted by molar-refractivity contribution is -0.384. The Kier molecular flexibility index (Phi) is 6.18. The zero-order chi connectivity index (χ0) is 23.5. The molecule has 0 aliphatic carbocycles. The van der Waals surface area contributed by atoms with Crippen molar-refractivity contribution < 1.29 is 14.5 Å². The average Bonchev–Trinajstić information content (AvgIpc) is 3.35. The van der Waals surface area contributed by atoms with Crippen molar-refractivity contribution in [3.8, 4) is 11.5 Å². The molecule has 3 aromatic heterocycles. The van der Waals surface area contributed by atoms with Crippen molar-refractivity contribution in [3.63, 3.8) is 0 Å². The minimum absolute atomic E-state index is 0.150. The second kappa shape index (κ2) is 9.20. The van der Waals surface area contributed by atoms with Crippen LogP contribution in [0.15, 0.2) is 59.5 Å². The third kappa shape index (κ3) is 5.06. The molecule has 0 unspecified atom stereocenters. The molecule has 4 rings (SSSR count). The number of ether oxygens (including phenoxy) is 1. The topological polar surface area (TPSA) is 130 Å². The van der Waals surface area contributed by atoms with Crippen molar-refractivity contribution in [1.29, 1.82) is 0 Å². The van der Waals surface area contributed by atoms with Crippen molar-refractivity contribution in [2.24, 2.45) is 0 Å². The first-order valence-corrected chi connectivity index (χ1v) is 10.5. The molecule has 12 heteroatoms. The molecule has 0 spiro atoms. The van der Waals surface area contributed by atoms with Crippen LogP contribution in [0.25, 0.3) is 0 Å². The van der Waals surface area contributed by atoms with Gasteiger partial charge in [0.2, 0.25) is 0 Å². The van der Waals surface area contributed by atoms with Crippen LogP contribution in [0.3, 0.4) is 0 Å². The van der Waals surface area contributed by atoms with Crippen LogP contribution in [0, 0.1) is 24.0 Å². The van der Waals surface area contributed by atoms with Gasteiger partial charge in [-0.2, -0.15) is 10.2 Å². The van der Waals surface area contributed by atoms with E-state index in [1.165, 1.54) is 24.4 Å². The highest BCUT2D eigenvalue weighted by Gasteiger charge is 2.16. The van der Waals surface area contributed by atoms with Gasteiger partial charge in [0.1, 0.15) is 18.2 Å². The standard InChI is InChI=1S/C21H18BrN7O4/c1-13-20(22)14(2)28(25-13)12-27-7-5-19(26-27)21(30)24-15-8-16(29(31)32)10-18(9-15)33-17-4-3-6-23-11-17/h3-11H,12H2,1-2H3,(H,24,30). The normalized spacial score (nSPS) is 10.8. The summed E-state index contributed by atoms with van der Waals surface area (Å²) in [6, 6.07) is 8.90. The van der Waals surface area contributed by atoms with Crippen LogP contribution in [-0.2, 0) is 6.67 Å². The number of pyridine rings is 1. The van der Waals surface area contributed by atoms with Gasteiger partial charge in [0.25, 0.3) is 11.6 Å². The molecule has 4 aromatic rings. The van der Waals surface area contributed by atoms with Gasteiger partial charge in [0.05, 0.1) is 38.7 Å². The predicted octanol–water partition coefficient (Wildman–Crippen LogP) is 4.31. The Labute approximate surface area is 196 Å². The van der Waals surface area contributed by atoms with Gasteiger partial charge in [-0.25, -0.2) is 4.68 Å². The molecular formula is C21H18BrN7O4. The van der Waals surface area contributed by atoms with E-state index < -0.39 is 10.8 Å². The highest BCUT2D eigenvalue weighted by Crippen LogP contribution is 2.29. The maximum absolute atomic E-state index is 12.7. The van der Waals surface area contributed by atoms with Crippen LogP contribution in [0.2, 0.25) is 0 Å². The summed E-state index contributed by atoms with van der Waals surface area (Å²) in [4.78, 5) is 27.4. The van der Waals surface area contributed by atoms with Gasteiger partial charge >= 0.3 is 0 Å². The van der Waals surface area contributed by atoms with Crippen LogP contribution >= 0.6 is 15.9 Å². The van der Waals surface area contributed by atoms with Crippen molar-refractivity contribution in [3.05, 3.63) is 86.7 Å². The average molecular weight is 512 g/mol. The number of anilines is 1. The highest BCUT2D eigenvalue weighted by molar-refractivity contribution is 9.10. The Morgan fingerprint density at radius 2 is 2.03 bits per heavy atom. The fourth-order valence-corrected chi connectivity index (χ4v) is 3.35. The zero-order valence-corrected chi connectivity index (χ0v) is 19.2. The van der Waals surface area contributed by atoms with E-state index in [1.807, 2.05) is 13.8 Å². The summed E-state index contributed by atoms with van der Waals surface area (Å²) >= 11 is 3.48. The number of benzene rings is 1. The summed E-state index contributed by atoms with van der Waals surface area (Å²) in [5, 5.41) is 22.7. The number of aromatic nitrogens is 5. The van der Waals surface area contributed by atoms with Gasteiger partial charge in [-0.1, -0.05) is 0 Å². The molecule has 0 radical (unpaired) electrons. The van der Waals surface area contributed by atoms with Gasteiger partial charge in [-0.05, 0) is 48.0 Å². The van der Waals surface area contributed by atoms with E-state index in [-0.39, 0.29) is 22.8 Å². The van der Waals surface area contributed by atoms with Crippen LogP contribution in [0.5, 0.6) is 11.5 Å². The van der Waals surface area contributed by atoms with E-state index in [1.54, 1.807) is 40.0 Å². The maximum Gasteiger partial charge on any atom is 0.276 e. The molecule has 0 aliphatic heterocycles. The first-order valence-electron chi connectivity index (χ1n) is 9.72. The molecule has 0 bridgehead atoms. The number of hydrogen-bond acceptors (Lipinski definition) is 7. The van der Waals surface area contributed by atoms with E-state index >= 15 is 0 Å². The van der Waals surface area contributed by atoms with Gasteiger partial charge < -0.3 is 10.1 Å². The molecule has 0 saturated heterocycles. The molecule has 11 nitrogen and oxygen atoms in total. The van der Waals surface area contributed by atoms with Crippen molar-refractivity contribution in [2.75, 3.05) is 5.32 Å². The summed E-state index contributed by atoms with van der Waals surface area (Å²) in [5.74, 6) is 0.0778. The van der Waals surface area contributed by atoms with E-state index in [4.69, 9.17) is 4.74 Å². The molecule has 1 aromatic carbocycles. The lowest BCUT2D eigenvalue weighted by Gasteiger charge is -2.09. The quantitative estimate of drug-likeness (QED) is 0.288. The Hall–Kier alpha value is -4.06. The van der Waals surface area contributed by atoms with Crippen molar-refractivity contribution >= 4 is 33.2 Å². The van der Waals surface area contributed by atoms with Crippen LogP contribution < -0.4 is 10.1 Å². The fourth-order valence-electron chi connectivity index (χ4n) is 3.07. The molecule has 168 valence electrons. The number of hydrogen-bond donors (Lipinski definition) is 1. The third-order valence-electron chi connectivity index (χ3n) is 4.68. The van der Waals surface area contributed by atoms with Gasteiger partial charge in [-0.3, -0.25) is 24.6 Å². The monoisotopic (exact) mass is 511 g/mol.